The Labute approximate surface area is 163 Å². The van der Waals surface area contributed by atoms with Crippen LogP contribution in [0.25, 0.3) is 0 Å². The number of hydrogen-bond donors (Lipinski definition) is 1. The van der Waals surface area contributed by atoms with Crippen molar-refractivity contribution in [3.63, 3.8) is 0 Å². The van der Waals surface area contributed by atoms with Crippen LogP contribution in [-0.2, 0) is 10.0 Å². The van der Waals surface area contributed by atoms with E-state index in [1.54, 1.807) is 14.2 Å². The molecule has 2 aromatic carbocycles. The predicted molar refractivity (Wildman–Crippen MR) is 114 cm³/mol. The zero-order valence-electron chi connectivity index (χ0n) is 16.5. The van der Waals surface area contributed by atoms with Crippen LogP contribution in [0.5, 0.6) is 11.5 Å². The molecular formula is C20H28NO4PS. The summed E-state index contributed by atoms with van der Waals surface area (Å²) < 4.78 is 37.0. The van der Waals surface area contributed by atoms with Gasteiger partial charge in [0.25, 0.3) is 0 Å². The first-order valence-corrected chi connectivity index (χ1v) is 12.2. The van der Waals surface area contributed by atoms with Gasteiger partial charge in [-0.1, -0.05) is 38.1 Å². The van der Waals surface area contributed by atoms with Crippen molar-refractivity contribution >= 4 is 28.6 Å². The van der Waals surface area contributed by atoms with Crippen LogP contribution in [0.2, 0.25) is 0 Å². The van der Waals surface area contributed by atoms with E-state index in [2.05, 4.69) is 29.0 Å². The minimum Gasteiger partial charge on any atom is -0.497 e. The Morgan fingerprint density at radius 3 is 1.59 bits per heavy atom. The van der Waals surface area contributed by atoms with Crippen molar-refractivity contribution in [3.05, 3.63) is 48.5 Å². The Bertz CT molecular complexity index is 773. The highest BCUT2D eigenvalue weighted by Crippen LogP contribution is 2.36. The first-order chi connectivity index (χ1) is 12.7. The van der Waals surface area contributed by atoms with Crippen molar-refractivity contribution in [1.29, 1.82) is 0 Å². The molecule has 0 radical (unpaired) electrons. The number of sulfonamides is 1. The quantitative estimate of drug-likeness (QED) is 0.647. The molecule has 0 unspecified atom stereocenters. The topological polar surface area (TPSA) is 64.6 Å². The van der Waals surface area contributed by atoms with Gasteiger partial charge in [-0.2, -0.15) is 0 Å². The normalized spacial score (nSPS) is 13.0. The second-order valence-electron chi connectivity index (χ2n) is 6.75. The number of hydrogen-bond acceptors (Lipinski definition) is 4. The van der Waals surface area contributed by atoms with Gasteiger partial charge in [-0.05, 0) is 54.9 Å². The SMILES string of the molecule is COc1ccc(P(C[C@@H](NS(C)(=O)=O)C(C)C)c2ccc(OC)cc2)cc1. The number of nitrogens with one attached hydrogen (secondary N) is 1. The molecule has 0 aliphatic rings. The Morgan fingerprint density at radius 2 is 1.30 bits per heavy atom. The molecule has 7 heteroatoms. The summed E-state index contributed by atoms with van der Waals surface area (Å²) in [6, 6.07) is 15.9. The molecule has 5 nitrogen and oxygen atoms in total. The summed E-state index contributed by atoms with van der Waals surface area (Å²) in [5.74, 6) is 1.79. The van der Waals surface area contributed by atoms with E-state index in [-0.39, 0.29) is 12.0 Å². The lowest BCUT2D eigenvalue weighted by atomic mass is 10.1. The van der Waals surface area contributed by atoms with E-state index in [0.29, 0.717) is 0 Å². The molecule has 0 aliphatic carbocycles. The van der Waals surface area contributed by atoms with Gasteiger partial charge in [0.05, 0.1) is 20.5 Å². The lowest BCUT2D eigenvalue weighted by Crippen LogP contribution is -2.41. The van der Waals surface area contributed by atoms with Gasteiger partial charge in [0, 0.05) is 6.04 Å². The summed E-state index contributed by atoms with van der Waals surface area (Å²) in [6.07, 6.45) is 1.93. The Kier molecular flexibility index (Phi) is 7.66. The van der Waals surface area contributed by atoms with Gasteiger partial charge in [-0.25, -0.2) is 13.1 Å². The molecule has 0 saturated heterocycles. The van der Waals surface area contributed by atoms with Crippen LogP contribution >= 0.6 is 7.92 Å². The predicted octanol–water partition coefficient (Wildman–Crippen LogP) is 2.71. The minimum atomic E-state index is -3.28. The highest BCUT2D eigenvalue weighted by Gasteiger charge is 2.24. The average molecular weight is 409 g/mol. The number of benzene rings is 2. The summed E-state index contributed by atoms with van der Waals surface area (Å²) in [5, 5.41) is 2.36. The van der Waals surface area contributed by atoms with E-state index in [4.69, 9.17) is 9.47 Å². The largest absolute Gasteiger partial charge is 0.497 e. The van der Waals surface area contributed by atoms with Gasteiger partial charge in [0.2, 0.25) is 10.0 Å². The van der Waals surface area contributed by atoms with E-state index in [1.807, 2.05) is 38.1 Å². The van der Waals surface area contributed by atoms with E-state index in [1.165, 1.54) is 16.9 Å². The minimum absolute atomic E-state index is 0.143. The summed E-state index contributed by atoms with van der Waals surface area (Å²) in [7, 11) is -0.738. The van der Waals surface area contributed by atoms with Gasteiger partial charge < -0.3 is 9.47 Å². The Balaban J connectivity index is 2.40. The maximum absolute atomic E-state index is 11.8. The first-order valence-electron chi connectivity index (χ1n) is 8.76. The maximum Gasteiger partial charge on any atom is 0.208 e. The van der Waals surface area contributed by atoms with Crippen molar-refractivity contribution < 1.29 is 17.9 Å². The molecule has 0 amide bonds. The summed E-state index contributed by atoms with van der Waals surface area (Å²) in [4.78, 5) is 0. The second-order valence-corrected chi connectivity index (χ2v) is 10.8. The first kappa shape index (κ1) is 21.7. The Hall–Kier alpha value is -1.62. The van der Waals surface area contributed by atoms with E-state index in [0.717, 1.165) is 17.7 Å². The summed E-state index contributed by atoms with van der Waals surface area (Å²) in [6.45, 7) is 4.08. The van der Waals surface area contributed by atoms with Crippen molar-refractivity contribution in [3.8, 4) is 11.5 Å². The molecule has 148 valence electrons. The van der Waals surface area contributed by atoms with Gasteiger partial charge in [-0.15, -0.1) is 0 Å². The van der Waals surface area contributed by atoms with Crippen molar-refractivity contribution in [2.75, 3.05) is 26.6 Å². The van der Waals surface area contributed by atoms with Gasteiger partial charge in [0.1, 0.15) is 11.5 Å². The fraction of sp³-hybridized carbons (Fsp3) is 0.400. The van der Waals surface area contributed by atoms with E-state index in [9.17, 15) is 8.42 Å². The highest BCUT2D eigenvalue weighted by atomic mass is 32.2. The van der Waals surface area contributed by atoms with Crippen LogP contribution in [0.4, 0.5) is 0 Å². The molecule has 2 aromatic rings. The van der Waals surface area contributed by atoms with Crippen molar-refractivity contribution in [1.82, 2.24) is 4.72 Å². The lowest BCUT2D eigenvalue weighted by molar-refractivity contribution is 0.415. The monoisotopic (exact) mass is 409 g/mol. The number of rotatable bonds is 9. The van der Waals surface area contributed by atoms with Crippen molar-refractivity contribution in [2.24, 2.45) is 5.92 Å². The molecule has 1 atom stereocenters. The number of methoxy groups -OCH3 is 2. The van der Waals surface area contributed by atoms with Crippen LogP contribution in [0, 0.1) is 5.92 Å². The molecule has 0 aliphatic heterocycles. The zero-order valence-corrected chi connectivity index (χ0v) is 18.2. The molecular weight excluding hydrogens is 381 g/mol. The highest BCUT2D eigenvalue weighted by molar-refractivity contribution is 7.88. The standard InChI is InChI=1S/C20H28NO4PS/c1-15(2)20(21-27(5,22)23)14-26(18-10-6-16(24-3)7-11-18)19-12-8-17(25-4)9-13-19/h6-13,15,20-21H,14H2,1-5H3/t20-/m1/s1. The molecule has 1 N–H and O–H groups in total. The van der Waals surface area contributed by atoms with Gasteiger partial charge >= 0.3 is 0 Å². The van der Waals surface area contributed by atoms with Crippen LogP contribution < -0.4 is 24.8 Å². The third kappa shape index (κ3) is 6.49. The maximum atomic E-state index is 11.8. The van der Waals surface area contributed by atoms with Gasteiger partial charge in [0.15, 0.2) is 0 Å². The third-order valence-corrected chi connectivity index (χ3v) is 7.65. The summed E-state index contributed by atoms with van der Waals surface area (Å²) in [5.41, 5.74) is 0. The molecule has 0 heterocycles. The fourth-order valence-corrected chi connectivity index (χ4v) is 6.41. The number of ether oxygens (including phenoxy) is 2. The van der Waals surface area contributed by atoms with Gasteiger partial charge in [-0.3, -0.25) is 0 Å². The smallest absolute Gasteiger partial charge is 0.208 e. The van der Waals surface area contributed by atoms with Crippen LogP contribution in [0.1, 0.15) is 13.8 Å². The zero-order chi connectivity index (χ0) is 20.0. The molecule has 2 rings (SSSR count). The van der Waals surface area contributed by atoms with Crippen LogP contribution in [-0.4, -0.2) is 41.1 Å². The molecule has 27 heavy (non-hydrogen) atoms. The third-order valence-electron chi connectivity index (χ3n) is 4.32. The lowest BCUT2D eigenvalue weighted by Gasteiger charge is -2.28. The molecule has 0 fully saturated rings. The van der Waals surface area contributed by atoms with Crippen molar-refractivity contribution in [2.45, 2.75) is 19.9 Å². The average Bonchev–Trinajstić information content (AvgIpc) is 2.64. The van der Waals surface area contributed by atoms with E-state index < -0.39 is 17.9 Å². The fourth-order valence-electron chi connectivity index (χ4n) is 2.74. The van der Waals surface area contributed by atoms with Crippen LogP contribution in [0.3, 0.4) is 0 Å². The summed E-state index contributed by atoms with van der Waals surface area (Å²) >= 11 is 0. The molecule has 0 aromatic heterocycles. The van der Waals surface area contributed by atoms with Crippen LogP contribution in [0.15, 0.2) is 48.5 Å². The Morgan fingerprint density at radius 1 is 0.889 bits per heavy atom. The molecule has 0 spiro atoms. The second kappa shape index (κ2) is 9.54. The molecule has 0 saturated carbocycles. The molecule has 0 bridgehead atoms. The van der Waals surface area contributed by atoms with E-state index >= 15 is 0 Å².